The minimum absolute atomic E-state index is 0.510. The summed E-state index contributed by atoms with van der Waals surface area (Å²) in [6.07, 6.45) is 4.08. The highest BCUT2D eigenvalue weighted by Crippen LogP contribution is 2.20. The van der Waals surface area contributed by atoms with Gasteiger partial charge < -0.3 is 4.90 Å². The second kappa shape index (κ2) is 6.50. The number of thioether (sulfide) groups is 1. The van der Waals surface area contributed by atoms with E-state index in [1.54, 1.807) is 0 Å². The van der Waals surface area contributed by atoms with Crippen molar-refractivity contribution in [2.45, 2.75) is 25.2 Å². The molecule has 0 amide bonds. The van der Waals surface area contributed by atoms with Crippen LogP contribution in [0.5, 0.6) is 0 Å². The van der Waals surface area contributed by atoms with Gasteiger partial charge in [-0.1, -0.05) is 22.0 Å². The first kappa shape index (κ1) is 13.8. The van der Waals surface area contributed by atoms with Gasteiger partial charge >= 0.3 is 0 Å². The molecule has 1 heterocycles. The van der Waals surface area contributed by atoms with Crippen LogP contribution in [0.25, 0.3) is 0 Å². The monoisotopic (exact) mass is 302 g/mol. The highest BCUT2D eigenvalue weighted by atomic mass is 79.9. The van der Waals surface area contributed by atoms with Gasteiger partial charge in [0.05, 0.1) is 0 Å². The number of rotatable bonds is 5. The van der Waals surface area contributed by atoms with Crippen LogP contribution in [0, 0.1) is 6.92 Å². The highest BCUT2D eigenvalue weighted by Gasteiger charge is 2.12. The fraction of sp³-hybridized carbons (Fsp3) is 0.583. The Hall–Kier alpha value is -0.220. The largest absolute Gasteiger partial charge is 0.356 e. The van der Waals surface area contributed by atoms with Crippen molar-refractivity contribution in [3.8, 4) is 0 Å². The molecule has 0 bridgehead atoms. The number of halogens is 1. The molecule has 2 nitrogen and oxygen atoms in total. The average Bonchev–Trinajstić information content (AvgIpc) is 2.28. The van der Waals surface area contributed by atoms with E-state index in [4.69, 9.17) is 0 Å². The molecule has 1 rings (SSSR count). The summed E-state index contributed by atoms with van der Waals surface area (Å²) in [7, 11) is 2.12. The van der Waals surface area contributed by atoms with Crippen LogP contribution >= 0.6 is 27.7 Å². The van der Waals surface area contributed by atoms with Gasteiger partial charge in [-0.25, -0.2) is 4.98 Å². The molecule has 0 N–H and O–H groups in total. The van der Waals surface area contributed by atoms with Crippen LogP contribution in [-0.4, -0.2) is 30.1 Å². The second-order valence-corrected chi connectivity index (χ2v) is 5.50. The number of anilines is 1. The van der Waals surface area contributed by atoms with Crippen LogP contribution in [0.1, 0.15) is 18.1 Å². The summed E-state index contributed by atoms with van der Waals surface area (Å²) in [5.41, 5.74) is 2.47. The molecular formula is C12H19BrN2S. The van der Waals surface area contributed by atoms with Crippen LogP contribution in [0.3, 0.4) is 0 Å². The Morgan fingerprint density at radius 1 is 1.56 bits per heavy atom. The van der Waals surface area contributed by atoms with Gasteiger partial charge in [-0.05, 0) is 31.2 Å². The Bertz CT molecular complexity index is 344. The Balaban J connectivity index is 2.87. The van der Waals surface area contributed by atoms with E-state index in [0.29, 0.717) is 6.04 Å². The van der Waals surface area contributed by atoms with Gasteiger partial charge in [0.1, 0.15) is 5.82 Å². The number of nitrogens with zero attached hydrogens (tertiary/aromatic N) is 2. The van der Waals surface area contributed by atoms with Gasteiger partial charge in [0, 0.05) is 30.4 Å². The number of aromatic nitrogens is 1. The molecule has 0 saturated carbocycles. The topological polar surface area (TPSA) is 16.1 Å². The van der Waals surface area contributed by atoms with E-state index in [1.807, 2.05) is 18.0 Å². The molecule has 1 atom stereocenters. The molecule has 1 aromatic heterocycles. The summed E-state index contributed by atoms with van der Waals surface area (Å²) < 4.78 is 0. The Labute approximate surface area is 111 Å². The first-order chi connectivity index (χ1) is 7.60. The maximum absolute atomic E-state index is 4.54. The van der Waals surface area contributed by atoms with Crippen LogP contribution in [0.2, 0.25) is 0 Å². The first-order valence-electron chi connectivity index (χ1n) is 5.33. The third kappa shape index (κ3) is 3.39. The van der Waals surface area contributed by atoms with Crippen molar-refractivity contribution in [2.75, 3.05) is 24.0 Å². The zero-order valence-corrected chi connectivity index (χ0v) is 12.7. The maximum atomic E-state index is 4.54. The van der Waals surface area contributed by atoms with E-state index in [1.165, 1.54) is 11.1 Å². The number of alkyl halides is 1. The molecule has 0 aliphatic rings. The average molecular weight is 303 g/mol. The molecule has 4 heteroatoms. The molecule has 0 spiro atoms. The third-order valence-corrected chi connectivity index (χ3v) is 4.13. The minimum atomic E-state index is 0.510. The third-order valence-electron chi connectivity index (χ3n) is 2.66. The normalized spacial score (nSPS) is 12.6. The van der Waals surface area contributed by atoms with Gasteiger partial charge in [-0.3, -0.25) is 0 Å². The van der Waals surface area contributed by atoms with E-state index in [9.17, 15) is 0 Å². The molecule has 0 fully saturated rings. The molecular weight excluding hydrogens is 284 g/mol. The van der Waals surface area contributed by atoms with Gasteiger partial charge in [0.15, 0.2) is 0 Å². The van der Waals surface area contributed by atoms with Crippen LogP contribution in [-0.2, 0) is 5.33 Å². The lowest BCUT2D eigenvalue weighted by Gasteiger charge is -2.26. The van der Waals surface area contributed by atoms with Crippen molar-refractivity contribution in [3.63, 3.8) is 0 Å². The summed E-state index contributed by atoms with van der Waals surface area (Å²) in [5, 5.41) is 0.866. The van der Waals surface area contributed by atoms with Crippen molar-refractivity contribution in [1.29, 1.82) is 0 Å². The standard InChI is InChI=1S/C12H19BrN2S/c1-9-5-11(6-13)7-14-12(9)15(3)10(2)8-16-4/h5,7,10H,6,8H2,1-4H3. The molecule has 90 valence electrons. The molecule has 1 aromatic rings. The molecule has 0 aromatic carbocycles. The number of hydrogen-bond acceptors (Lipinski definition) is 3. The van der Waals surface area contributed by atoms with Gasteiger partial charge in [-0.15, -0.1) is 0 Å². The van der Waals surface area contributed by atoms with Crippen LogP contribution < -0.4 is 4.90 Å². The lowest BCUT2D eigenvalue weighted by molar-refractivity contribution is 0.750. The summed E-state index contributed by atoms with van der Waals surface area (Å²) in [6, 6.07) is 2.70. The summed E-state index contributed by atoms with van der Waals surface area (Å²) >= 11 is 5.32. The number of aryl methyl sites for hydroxylation is 1. The van der Waals surface area contributed by atoms with Crippen LogP contribution in [0.15, 0.2) is 12.3 Å². The zero-order chi connectivity index (χ0) is 12.1. The fourth-order valence-electron chi connectivity index (χ4n) is 1.63. The summed E-state index contributed by atoms with van der Waals surface area (Å²) in [4.78, 5) is 6.79. The van der Waals surface area contributed by atoms with Crippen molar-refractivity contribution >= 4 is 33.5 Å². The zero-order valence-electron chi connectivity index (χ0n) is 10.3. The van der Waals surface area contributed by atoms with Gasteiger partial charge in [0.25, 0.3) is 0 Å². The second-order valence-electron chi connectivity index (χ2n) is 4.03. The van der Waals surface area contributed by atoms with Crippen molar-refractivity contribution < 1.29 is 0 Å². The van der Waals surface area contributed by atoms with Gasteiger partial charge in [0.2, 0.25) is 0 Å². The first-order valence-corrected chi connectivity index (χ1v) is 7.85. The van der Waals surface area contributed by atoms with Crippen molar-refractivity contribution in [3.05, 3.63) is 23.4 Å². The van der Waals surface area contributed by atoms with E-state index in [0.717, 1.165) is 16.9 Å². The van der Waals surface area contributed by atoms with Gasteiger partial charge in [-0.2, -0.15) is 11.8 Å². The van der Waals surface area contributed by atoms with Crippen molar-refractivity contribution in [2.24, 2.45) is 0 Å². The molecule has 16 heavy (non-hydrogen) atoms. The SMILES string of the molecule is CSCC(C)N(C)c1ncc(CBr)cc1C. The lowest BCUT2D eigenvalue weighted by atomic mass is 10.2. The van der Waals surface area contributed by atoms with Crippen molar-refractivity contribution in [1.82, 2.24) is 4.98 Å². The molecule has 0 aliphatic carbocycles. The molecule has 1 unspecified atom stereocenters. The Morgan fingerprint density at radius 3 is 2.75 bits per heavy atom. The highest BCUT2D eigenvalue weighted by molar-refractivity contribution is 9.08. The van der Waals surface area contributed by atoms with E-state index in [-0.39, 0.29) is 0 Å². The van der Waals surface area contributed by atoms with E-state index < -0.39 is 0 Å². The van der Waals surface area contributed by atoms with E-state index >= 15 is 0 Å². The minimum Gasteiger partial charge on any atom is -0.356 e. The fourth-order valence-corrected chi connectivity index (χ4v) is 2.64. The Morgan fingerprint density at radius 2 is 2.25 bits per heavy atom. The van der Waals surface area contributed by atoms with Crippen LogP contribution in [0.4, 0.5) is 5.82 Å². The van der Waals surface area contributed by atoms with E-state index in [2.05, 4.69) is 59.0 Å². The molecule has 0 radical (unpaired) electrons. The number of hydrogen-bond donors (Lipinski definition) is 0. The summed E-state index contributed by atoms with van der Waals surface area (Å²) in [6.45, 7) is 4.35. The maximum Gasteiger partial charge on any atom is 0.131 e. The predicted molar refractivity (Wildman–Crippen MR) is 77.9 cm³/mol. The molecule has 0 saturated heterocycles. The number of pyridine rings is 1. The smallest absolute Gasteiger partial charge is 0.131 e. The quantitative estimate of drug-likeness (QED) is 0.775. The lowest BCUT2D eigenvalue weighted by Crippen LogP contribution is -2.32. The Kier molecular flexibility index (Phi) is 5.62. The predicted octanol–water partition coefficient (Wildman–Crippen LogP) is 3.47. The summed E-state index contributed by atoms with van der Waals surface area (Å²) in [5.74, 6) is 2.21. The molecule has 0 aliphatic heterocycles.